The Morgan fingerprint density at radius 1 is 1.29 bits per heavy atom. The van der Waals surface area contributed by atoms with E-state index in [1.54, 1.807) is 12.1 Å². The van der Waals surface area contributed by atoms with E-state index in [2.05, 4.69) is 12.2 Å². The predicted molar refractivity (Wildman–Crippen MR) is 84.5 cm³/mol. The van der Waals surface area contributed by atoms with Crippen molar-refractivity contribution in [3.8, 4) is 0 Å². The molecule has 1 saturated carbocycles. The molecular formula is C16H21NO3S. The smallest absolute Gasteiger partial charge is 0.328 e. The van der Waals surface area contributed by atoms with Crippen molar-refractivity contribution in [3.63, 3.8) is 0 Å². The van der Waals surface area contributed by atoms with Gasteiger partial charge >= 0.3 is 5.97 Å². The van der Waals surface area contributed by atoms with Crippen LogP contribution in [0, 0.1) is 5.92 Å². The van der Waals surface area contributed by atoms with Crippen LogP contribution in [-0.4, -0.2) is 23.0 Å². The molecule has 0 saturated heterocycles. The van der Waals surface area contributed by atoms with Crippen molar-refractivity contribution in [3.05, 3.63) is 28.0 Å². The summed E-state index contributed by atoms with van der Waals surface area (Å²) < 4.78 is 0. The Bertz CT molecular complexity index is 535. The molecule has 0 bridgehead atoms. The minimum atomic E-state index is -0.985. The van der Waals surface area contributed by atoms with E-state index in [0.717, 1.165) is 17.4 Å². The Kier molecular flexibility index (Phi) is 5.56. The van der Waals surface area contributed by atoms with Crippen LogP contribution >= 0.6 is 11.3 Å². The van der Waals surface area contributed by atoms with Crippen molar-refractivity contribution in [2.24, 2.45) is 5.92 Å². The van der Waals surface area contributed by atoms with Gasteiger partial charge in [0, 0.05) is 17.0 Å². The summed E-state index contributed by atoms with van der Waals surface area (Å²) in [6, 6.07) is 3.78. The van der Waals surface area contributed by atoms with E-state index in [9.17, 15) is 9.59 Å². The third-order valence-electron chi connectivity index (χ3n) is 3.92. The van der Waals surface area contributed by atoms with Gasteiger partial charge in [-0.15, -0.1) is 11.3 Å². The van der Waals surface area contributed by atoms with Crippen molar-refractivity contribution in [2.45, 2.75) is 45.1 Å². The molecule has 2 N–H and O–H groups in total. The first kappa shape index (κ1) is 15.8. The predicted octanol–water partition coefficient (Wildman–Crippen LogP) is 3.54. The minimum absolute atomic E-state index is 0.0475. The number of aliphatic carboxylic acids is 1. The molecule has 0 aromatic carbocycles. The molecule has 1 aromatic heterocycles. The molecule has 5 heteroatoms. The maximum atomic E-state index is 12.3. The molecule has 2 atom stereocenters. The van der Waals surface area contributed by atoms with Crippen LogP contribution in [0.5, 0.6) is 0 Å². The second kappa shape index (κ2) is 7.41. The molecule has 2 unspecified atom stereocenters. The Morgan fingerprint density at radius 3 is 2.81 bits per heavy atom. The van der Waals surface area contributed by atoms with Gasteiger partial charge in [-0.05, 0) is 37.0 Å². The number of nitrogens with one attached hydrogen (secondary N) is 1. The first-order valence-corrected chi connectivity index (χ1v) is 8.19. The van der Waals surface area contributed by atoms with Crippen LogP contribution in [0.4, 0.5) is 0 Å². The summed E-state index contributed by atoms with van der Waals surface area (Å²) in [5.41, 5.74) is 0. The van der Waals surface area contributed by atoms with Crippen molar-refractivity contribution in [1.82, 2.24) is 5.32 Å². The van der Waals surface area contributed by atoms with E-state index >= 15 is 0 Å². The van der Waals surface area contributed by atoms with Gasteiger partial charge in [0.1, 0.15) is 0 Å². The highest BCUT2D eigenvalue weighted by molar-refractivity contribution is 7.14. The molecule has 1 aromatic rings. The summed E-state index contributed by atoms with van der Waals surface area (Å²) in [5.74, 6) is -0.516. The summed E-state index contributed by atoms with van der Waals surface area (Å²) in [7, 11) is 0. The maximum absolute atomic E-state index is 12.3. The molecular weight excluding hydrogens is 286 g/mol. The maximum Gasteiger partial charge on any atom is 0.328 e. The van der Waals surface area contributed by atoms with Crippen LogP contribution in [0.3, 0.4) is 0 Å². The van der Waals surface area contributed by atoms with Gasteiger partial charge in [-0.3, -0.25) is 4.79 Å². The molecule has 1 fully saturated rings. The number of amides is 1. The van der Waals surface area contributed by atoms with E-state index in [0.29, 0.717) is 10.8 Å². The molecule has 1 aliphatic rings. The lowest BCUT2D eigenvalue weighted by Gasteiger charge is -2.22. The summed E-state index contributed by atoms with van der Waals surface area (Å²) in [6.07, 6.45) is 8.48. The zero-order valence-corrected chi connectivity index (χ0v) is 13.0. The van der Waals surface area contributed by atoms with Crippen LogP contribution < -0.4 is 5.32 Å². The lowest BCUT2D eigenvalue weighted by atomic mass is 9.97. The van der Waals surface area contributed by atoms with E-state index in [1.807, 2.05) is 0 Å². The molecule has 21 heavy (non-hydrogen) atoms. The second-order valence-corrected chi connectivity index (χ2v) is 6.68. The van der Waals surface area contributed by atoms with Gasteiger partial charge in [0.25, 0.3) is 5.91 Å². The number of hydrogen-bond acceptors (Lipinski definition) is 3. The summed E-state index contributed by atoms with van der Waals surface area (Å²) in [6.45, 7) is 2.20. The molecule has 0 aliphatic heterocycles. The molecule has 1 heterocycles. The molecule has 4 nitrogen and oxygen atoms in total. The number of carbonyl (C=O) groups is 2. The molecule has 0 radical (unpaired) electrons. The van der Waals surface area contributed by atoms with Gasteiger partial charge in [0.05, 0.1) is 4.88 Å². The minimum Gasteiger partial charge on any atom is -0.478 e. The van der Waals surface area contributed by atoms with Crippen molar-refractivity contribution in [2.75, 3.05) is 0 Å². The SMILES string of the molecule is CC1CCCCCC1NC(=O)c1ccc(C=CC(=O)O)s1. The van der Waals surface area contributed by atoms with Gasteiger partial charge in [-0.2, -0.15) is 0 Å². The fourth-order valence-corrected chi connectivity index (χ4v) is 3.48. The van der Waals surface area contributed by atoms with Crippen LogP contribution in [0.2, 0.25) is 0 Å². The standard InChI is InChI=1S/C16H21NO3S/c1-11-5-3-2-4-6-13(11)17-16(20)14-9-7-12(21-14)8-10-15(18)19/h7-11,13H,2-6H2,1H3,(H,17,20)(H,18,19). The first-order chi connectivity index (χ1) is 10.1. The normalized spacial score (nSPS) is 22.9. The highest BCUT2D eigenvalue weighted by atomic mass is 32.1. The summed E-state index contributed by atoms with van der Waals surface area (Å²) in [4.78, 5) is 24.2. The van der Waals surface area contributed by atoms with Crippen molar-refractivity contribution in [1.29, 1.82) is 0 Å². The van der Waals surface area contributed by atoms with Gasteiger partial charge in [-0.25, -0.2) is 4.79 Å². The summed E-state index contributed by atoms with van der Waals surface area (Å²) >= 11 is 1.32. The first-order valence-electron chi connectivity index (χ1n) is 7.38. The fourth-order valence-electron chi connectivity index (χ4n) is 2.66. The highest BCUT2D eigenvalue weighted by Crippen LogP contribution is 2.24. The van der Waals surface area contributed by atoms with E-state index in [1.165, 1.54) is 43.1 Å². The third-order valence-corrected chi connectivity index (χ3v) is 4.97. The number of hydrogen-bond donors (Lipinski definition) is 2. The van der Waals surface area contributed by atoms with Gasteiger partial charge in [0.2, 0.25) is 0 Å². The van der Waals surface area contributed by atoms with Crippen molar-refractivity contribution >= 4 is 29.3 Å². The topological polar surface area (TPSA) is 66.4 Å². The number of thiophene rings is 1. The third kappa shape index (κ3) is 4.70. The molecule has 0 spiro atoms. The Hall–Kier alpha value is -1.62. The van der Waals surface area contributed by atoms with Gasteiger partial charge in [-0.1, -0.05) is 26.2 Å². The van der Waals surface area contributed by atoms with Crippen LogP contribution in [0.1, 0.15) is 53.6 Å². The largest absolute Gasteiger partial charge is 0.478 e. The van der Waals surface area contributed by atoms with Crippen LogP contribution in [-0.2, 0) is 4.79 Å². The number of rotatable bonds is 4. The molecule has 2 rings (SSSR count). The van der Waals surface area contributed by atoms with Crippen LogP contribution in [0.15, 0.2) is 18.2 Å². The molecule has 1 aliphatic carbocycles. The second-order valence-electron chi connectivity index (χ2n) is 5.57. The van der Waals surface area contributed by atoms with Crippen LogP contribution in [0.25, 0.3) is 6.08 Å². The van der Waals surface area contributed by atoms with E-state index in [4.69, 9.17) is 5.11 Å². The fraction of sp³-hybridized carbons (Fsp3) is 0.500. The van der Waals surface area contributed by atoms with Crippen molar-refractivity contribution < 1.29 is 14.7 Å². The number of carbonyl (C=O) groups excluding carboxylic acids is 1. The average molecular weight is 307 g/mol. The van der Waals surface area contributed by atoms with Gasteiger partial charge < -0.3 is 10.4 Å². The van der Waals surface area contributed by atoms with E-state index < -0.39 is 5.97 Å². The zero-order valence-electron chi connectivity index (χ0n) is 12.2. The Labute approximate surface area is 128 Å². The quantitative estimate of drug-likeness (QED) is 0.660. The number of carboxylic acids is 1. The zero-order chi connectivity index (χ0) is 15.2. The number of carboxylic acid groups (broad SMARTS) is 1. The lowest BCUT2D eigenvalue weighted by Crippen LogP contribution is -2.38. The van der Waals surface area contributed by atoms with E-state index in [-0.39, 0.29) is 11.9 Å². The van der Waals surface area contributed by atoms with Gasteiger partial charge in [0.15, 0.2) is 0 Å². The Balaban J connectivity index is 1.98. The Morgan fingerprint density at radius 2 is 2.05 bits per heavy atom. The molecule has 1 amide bonds. The monoisotopic (exact) mass is 307 g/mol. The summed E-state index contributed by atoms with van der Waals surface area (Å²) in [5, 5.41) is 11.7. The molecule has 114 valence electrons. The average Bonchev–Trinajstić information content (AvgIpc) is 2.83. The highest BCUT2D eigenvalue weighted by Gasteiger charge is 2.22. The lowest BCUT2D eigenvalue weighted by molar-refractivity contribution is -0.131.